The van der Waals surface area contributed by atoms with Crippen molar-refractivity contribution in [3.8, 4) is 0 Å². The molecule has 1 aliphatic rings. The smallest absolute Gasteiger partial charge is 0.212 e. The fraction of sp³-hybridized carbons (Fsp3) is 0.286. The molecule has 1 saturated heterocycles. The first-order valence-corrected chi connectivity index (χ1v) is 9.03. The SMILES string of the molecule is CS(=O)(=O)N1CCSC1c1cccc2ccccc12. The molecule has 1 atom stereocenters. The van der Waals surface area contributed by atoms with Crippen LogP contribution in [0, 0.1) is 0 Å². The van der Waals surface area contributed by atoms with Crippen LogP contribution in [0.5, 0.6) is 0 Å². The van der Waals surface area contributed by atoms with Crippen LogP contribution in [0.1, 0.15) is 10.9 Å². The molecule has 5 heteroatoms. The van der Waals surface area contributed by atoms with E-state index in [1.165, 1.54) is 6.26 Å². The molecular weight excluding hydrogens is 278 g/mol. The number of benzene rings is 2. The zero-order valence-electron chi connectivity index (χ0n) is 10.6. The van der Waals surface area contributed by atoms with Crippen LogP contribution < -0.4 is 0 Å². The molecule has 19 heavy (non-hydrogen) atoms. The zero-order valence-corrected chi connectivity index (χ0v) is 12.2. The van der Waals surface area contributed by atoms with Crippen LogP contribution in [0.3, 0.4) is 0 Å². The lowest BCUT2D eigenvalue weighted by atomic mass is 10.0. The molecule has 0 radical (unpaired) electrons. The lowest BCUT2D eigenvalue weighted by molar-refractivity contribution is 0.440. The molecule has 100 valence electrons. The highest BCUT2D eigenvalue weighted by Gasteiger charge is 2.33. The summed E-state index contributed by atoms with van der Waals surface area (Å²) >= 11 is 1.69. The molecule has 1 unspecified atom stereocenters. The number of rotatable bonds is 2. The molecule has 0 bridgehead atoms. The van der Waals surface area contributed by atoms with Crippen LogP contribution in [0.2, 0.25) is 0 Å². The van der Waals surface area contributed by atoms with Gasteiger partial charge in [0.1, 0.15) is 0 Å². The summed E-state index contributed by atoms with van der Waals surface area (Å²) in [4.78, 5) is 0. The van der Waals surface area contributed by atoms with E-state index in [4.69, 9.17) is 0 Å². The van der Waals surface area contributed by atoms with E-state index < -0.39 is 10.0 Å². The van der Waals surface area contributed by atoms with E-state index in [0.717, 1.165) is 22.1 Å². The predicted octanol–water partition coefficient (Wildman–Crippen LogP) is 2.85. The summed E-state index contributed by atoms with van der Waals surface area (Å²) < 4.78 is 25.3. The summed E-state index contributed by atoms with van der Waals surface area (Å²) in [5.41, 5.74) is 1.09. The summed E-state index contributed by atoms with van der Waals surface area (Å²) in [6, 6.07) is 14.2. The van der Waals surface area contributed by atoms with Crippen LogP contribution in [0.4, 0.5) is 0 Å². The molecule has 1 aliphatic heterocycles. The van der Waals surface area contributed by atoms with Crippen molar-refractivity contribution in [2.75, 3.05) is 18.6 Å². The van der Waals surface area contributed by atoms with E-state index in [1.54, 1.807) is 16.1 Å². The summed E-state index contributed by atoms with van der Waals surface area (Å²) in [7, 11) is -3.16. The number of hydrogen-bond acceptors (Lipinski definition) is 3. The summed E-state index contributed by atoms with van der Waals surface area (Å²) in [6.45, 7) is 0.595. The van der Waals surface area contributed by atoms with Crippen molar-refractivity contribution in [1.29, 1.82) is 0 Å². The lowest BCUT2D eigenvalue weighted by Gasteiger charge is -2.22. The fourth-order valence-electron chi connectivity index (χ4n) is 2.51. The average molecular weight is 293 g/mol. The molecule has 0 aromatic heterocycles. The third kappa shape index (κ3) is 2.38. The summed E-state index contributed by atoms with van der Waals surface area (Å²) in [5, 5.41) is 2.19. The van der Waals surface area contributed by atoms with E-state index in [2.05, 4.69) is 18.2 Å². The standard InChI is InChI=1S/C14H15NO2S2/c1-19(16,17)15-9-10-18-14(15)13-8-4-6-11-5-2-3-7-12(11)13/h2-8,14H,9-10H2,1H3. The van der Waals surface area contributed by atoms with Gasteiger partial charge in [0.15, 0.2) is 0 Å². The van der Waals surface area contributed by atoms with Gasteiger partial charge in [-0.1, -0.05) is 42.5 Å². The minimum atomic E-state index is -3.16. The Hall–Kier alpha value is -1.04. The lowest BCUT2D eigenvalue weighted by Crippen LogP contribution is -2.29. The van der Waals surface area contributed by atoms with Crippen LogP contribution in [-0.2, 0) is 10.0 Å². The van der Waals surface area contributed by atoms with Gasteiger partial charge in [-0.25, -0.2) is 8.42 Å². The number of nitrogens with zero attached hydrogens (tertiary/aromatic N) is 1. The normalized spacial score (nSPS) is 21.0. The summed E-state index contributed by atoms with van der Waals surface area (Å²) in [5.74, 6) is 0.848. The van der Waals surface area contributed by atoms with Crippen LogP contribution in [0.15, 0.2) is 42.5 Å². The maximum atomic E-state index is 11.9. The largest absolute Gasteiger partial charge is 0.212 e. The third-order valence-corrected chi connectivity index (χ3v) is 5.99. The molecule has 0 spiro atoms. The van der Waals surface area contributed by atoms with Crippen molar-refractivity contribution in [3.05, 3.63) is 48.0 Å². The first-order valence-electron chi connectivity index (χ1n) is 6.13. The Kier molecular flexibility index (Phi) is 3.28. The first kappa shape index (κ1) is 13.0. The van der Waals surface area contributed by atoms with Gasteiger partial charge in [0, 0.05) is 12.3 Å². The van der Waals surface area contributed by atoms with Gasteiger partial charge in [0.25, 0.3) is 0 Å². The number of hydrogen-bond donors (Lipinski definition) is 0. The maximum Gasteiger partial charge on any atom is 0.212 e. The molecular formula is C14H15NO2S2. The monoisotopic (exact) mass is 293 g/mol. The Morgan fingerprint density at radius 3 is 2.68 bits per heavy atom. The van der Waals surface area contributed by atoms with Gasteiger partial charge in [-0.3, -0.25) is 0 Å². The van der Waals surface area contributed by atoms with E-state index in [1.807, 2.05) is 24.3 Å². The fourth-order valence-corrected chi connectivity index (χ4v) is 5.34. The van der Waals surface area contributed by atoms with Crippen molar-refractivity contribution >= 4 is 32.6 Å². The van der Waals surface area contributed by atoms with Crippen molar-refractivity contribution < 1.29 is 8.42 Å². The minimum Gasteiger partial charge on any atom is -0.212 e. The topological polar surface area (TPSA) is 37.4 Å². The van der Waals surface area contributed by atoms with Crippen molar-refractivity contribution in [1.82, 2.24) is 4.31 Å². The summed E-state index contributed by atoms with van der Waals surface area (Å²) in [6.07, 6.45) is 1.29. The van der Waals surface area contributed by atoms with Gasteiger partial charge in [0.05, 0.1) is 11.6 Å². The molecule has 2 aromatic carbocycles. The molecule has 1 fully saturated rings. The van der Waals surface area contributed by atoms with E-state index in [-0.39, 0.29) is 5.37 Å². The Labute approximate surface area is 117 Å². The number of thioether (sulfide) groups is 1. The highest BCUT2D eigenvalue weighted by Crippen LogP contribution is 2.41. The molecule has 0 amide bonds. The number of sulfonamides is 1. The van der Waals surface area contributed by atoms with Crippen LogP contribution in [-0.4, -0.2) is 31.3 Å². The predicted molar refractivity (Wildman–Crippen MR) is 80.7 cm³/mol. The molecule has 3 nitrogen and oxygen atoms in total. The Morgan fingerprint density at radius 2 is 1.89 bits per heavy atom. The molecule has 2 aromatic rings. The molecule has 3 rings (SSSR count). The molecule has 0 N–H and O–H groups in total. The average Bonchev–Trinajstić information content (AvgIpc) is 2.87. The van der Waals surface area contributed by atoms with Crippen LogP contribution >= 0.6 is 11.8 Å². The first-order chi connectivity index (χ1) is 9.07. The Bertz CT molecular complexity index is 707. The zero-order chi connectivity index (χ0) is 13.5. The Morgan fingerprint density at radius 1 is 1.16 bits per heavy atom. The van der Waals surface area contributed by atoms with E-state index in [9.17, 15) is 8.42 Å². The van der Waals surface area contributed by atoms with Crippen LogP contribution in [0.25, 0.3) is 10.8 Å². The minimum absolute atomic E-state index is 0.0962. The van der Waals surface area contributed by atoms with Gasteiger partial charge >= 0.3 is 0 Å². The second-order valence-corrected chi connectivity index (χ2v) is 7.79. The second-order valence-electron chi connectivity index (χ2n) is 4.67. The van der Waals surface area contributed by atoms with Crippen molar-refractivity contribution in [3.63, 3.8) is 0 Å². The van der Waals surface area contributed by atoms with Gasteiger partial charge in [-0.15, -0.1) is 11.8 Å². The quantitative estimate of drug-likeness (QED) is 0.854. The van der Waals surface area contributed by atoms with Gasteiger partial charge < -0.3 is 0 Å². The maximum absolute atomic E-state index is 11.9. The van der Waals surface area contributed by atoms with E-state index in [0.29, 0.717) is 6.54 Å². The van der Waals surface area contributed by atoms with Gasteiger partial charge in [-0.2, -0.15) is 4.31 Å². The van der Waals surface area contributed by atoms with E-state index >= 15 is 0 Å². The second kappa shape index (κ2) is 4.81. The van der Waals surface area contributed by atoms with Crippen molar-refractivity contribution in [2.24, 2.45) is 0 Å². The highest BCUT2D eigenvalue weighted by atomic mass is 32.2. The third-order valence-electron chi connectivity index (χ3n) is 3.36. The molecule has 0 aliphatic carbocycles. The molecule has 1 heterocycles. The van der Waals surface area contributed by atoms with Gasteiger partial charge in [-0.05, 0) is 16.3 Å². The highest BCUT2D eigenvalue weighted by molar-refractivity contribution is 8.00. The number of fused-ring (bicyclic) bond motifs is 1. The Balaban J connectivity index is 2.14. The molecule has 0 saturated carbocycles. The van der Waals surface area contributed by atoms with Gasteiger partial charge in [0.2, 0.25) is 10.0 Å². The van der Waals surface area contributed by atoms with Crippen molar-refractivity contribution in [2.45, 2.75) is 5.37 Å².